The van der Waals surface area contributed by atoms with Crippen LogP contribution in [-0.4, -0.2) is 46.6 Å². The summed E-state index contributed by atoms with van der Waals surface area (Å²) in [6, 6.07) is 12.9. The molecule has 2 aromatic carbocycles. The van der Waals surface area contributed by atoms with Crippen LogP contribution in [0.3, 0.4) is 0 Å². The van der Waals surface area contributed by atoms with Crippen LogP contribution in [0.4, 0.5) is 5.69 Å². The zero-order valence-electron chi connectivity index (χ0n) is 18.4. The van der Waals surface area contributed by atoms with Crippen molar-refractivity contribution in [2.45, 2.75) is 33.7 Å². The molecule has 0 aliphatic heterocycles. The number of ether oxygens (including phenoxy) is 1. The number of para-hydroxylation sites is 3. The number of nitrogens with zero attached hydrogens (tertiary/aromatic N) is 3. The number of fused-ring (bicyclic) bond motifs is 1. The van der Waals surface area contributed by atoms with E-state index in [2.05, 4.69) is 29.0 Å². The quantitative estimate of drug-likeness (QED) is 0.542. The molecular formula is C24H30N4O3. The van der Waals surface area contributed by atoms with Crippen LogP contribution in [-0.2, 0) is 11.3 Å². The largest absolute Gasteiger partial charge is 0.490 e. The molecule has 1 aromatic heterocycles. The molecule has 1 N–H and O–H groups in total. The Labute approximate surface area is 182 Å². The smallest absolute Gasteiger partial charge is 0.261 e. The Balaban J connectivity index is 1.61. The van der Waals surface area contributed by atoms with Crippen LogP contribution < -0.4 is 15.6 Å². The highest BCUT2D eigenvalue weighted by molar-refractivity contribution is 5.92. The number of hydrogen-bond acceptors (Lipinski definition) is 5. The van der Waals surface area contributed by atoms with Gasteiger partial charge in [0.05, 0.1) is 22.9 Å². The summed E-state index contributed by atoms with van der Waals surface area (Å²) in [7, 11) is 0. The van der Waals surface area contributed by atoms with Gasteiger partial charge in [-0.2, -0.15) is 0 Å². The van der Waals surface area contributed by atoms with Crippen molar-refractivity contribution in [2.24, 2.45) is 0 Å². The van der Waals surface area contributed by atoms with Crippen molar-refractivity contribution in [1.29, 1.82) is 0 Å². The Morgan fingerprint density at radius 1 is 1.13 bits per heavy atom. The van der Waals surface area contributed by atoms with Gasteiger partial charge in [-0.3, -0.25) is 14.2 Å². The molecule has 0 unspecified atom stereocenters. The zero-order valence-corrected chi connectivity index (χ0v) is 18.4. The Morgan fingerprint density at radius 2 is 1.90 bits per heavy atom. The van der Waals surface area contributed by atoms with Gasteiger partial charge in [0, 0.05) is 19.5 Å². The SMILES string of the molecule is CCN(CC)CCOc1ccccc1NC(=O)CCn1cnc2c(C)cccc2c1=O. The van der Waals surface area contributed by atoms with Gasteiger partial charge in [0.2, 0.25) is 5.91 Å². The van der Waals surface area contributed by atoms with E-state index in [4.69, 9.17) is 4.74 Å². The number of amides is 1. The lowest BCUT2D eigenvalue weighted by molar-refractivity contribution is -0.116. The summed E-state index contributed by atoms with van der Waals surface area (Å²) < 4.78 is 7.37. The molecule has 164 valence electrons. The van der Waals surface area contributed by atoms with E-state index in [1.165, 1.54) is 10.9 Å². The van der Waals surface area contributed by atoms with Crippen molar-refractivity contribution in [2.75, 3.05) is 31.6 Å². The fraction of sp³-hybridized carbons (Fsp3) is 0.375. The normalized spacial score (nSPS) is 11.1. The van der Waals surface area contributed by atoms with E-state index in [-0.39, 0.29) is 24.4 Å². The van der Waals surface area contributed by atoms with Crippen LogP contribution in [0.15, 0.2) is 53.6 Å². The number of benzene rings is 2. The molecule has 0 aliphatic carbocycles. The molecule has 1 amide bonds. The second-order valence-corrected chi connectivity index (χ2v) is 7.38. The van der Waals surface area contributed by atoms with Crippen LogP contribution in [0, 0.1) is 6.92 Å². The van der Waals surface area contributed by atoms with E-state index < -0.39 is 0 Å². The van der Waals surface area contributed by atoms with Crippen molar-refractivity contribution in [3.05, 3.63) is 64.7 Å². The Bertz CT molecular complexity index is 1090. The summed E-state index contributed by atoms with van der Waals surface area (Å²) in [5.41, 5.74) is 2.15. The molecule has 1 heterocycles. The molecule has 0 bridgehead atoms. The highest BCUT2D eigenvalue weighted by Crippen LogP contribution is 2.24. The number of carbonyl (C=O) groups excluding carboxylic acids is 1. The van der Waals surface area contributed by atoms with Crippen LogP contribution in [0.5, 0.6) is 5.75 Å². The molecule has 0 aliphatic rings. The molecular weight excluding hydrogens is 392 g/mol. The Morgan fingerprint density at radius 3 is 2.68 bits per heavy atom. The molecule has 0 radical (unpaired) electrons. The number of hydrogen-bond donors (Lipinski definition) is 1. The molecule has 0 saturated heterocycles. The predicted octanol–water partition coefficient (Wildman–Crippen LogP) is 3.45. The summed E-state index contributed by atoms with van der Waals surface area (Å²) in [6.45, 7) is 9.74. The van der Waals surface area contributed by atoms with Gasteiger partial charge in [-0.05, 0) is 43.8 Å². The number of aryl methyl sites for hydroxylation is 2. The topological polar surface area (TPSA) is 76.5 Å². The van der Waals surface area contributed by atoms with Gasteiger partial charge in [0.25, 0.3) is 5.56 Å². The fourth-order valence-electron chi connectivity index (χ4n) is 3.45. The fourth-order valence-corrected chi connectivity index (χ4v) is 3.45. The lowest BCUT2D eigenvalue weighted by Gasteiger charge is -2.19. The number of carbonyl (C=O) groups is 1. The van der Waals surface area contributed by atoms with Crippen LogP contribution in [0.1, 0.15) is 25.8 Å². The van der Waals surface area contributed by atoms with Crippen LogP contribution in [0.25, 0.3) is 10.9 Å². The number of likely N-dealkylation sites (N-methyl/N-ethyl adjacent to an activating group) is 1. The van der Waals surface area contributed by atoms with E-state index in [1.54, 1.807) is 6.07 Å². The second-order valence-electron chi connectivity index (χ2n) is 7.38. The molecule has 0 spiro atoms. The molecule has 7 heteroatoms. The van der Waals surface area contributed by atoms with Gasteiger partial charge in [-0.25, -0.2) is 4.98 Å². The number of nitrogens with one attached hydrogen (secondary N) is 1. The molecule has 31 heavy (non-hydrogen) atoms. The summed E-state index contributed by atoms with van der Waals surface area (Å²) >= 11 is 0. The first kappa shape index (κ1) is 22.5. The average Bonchev–Trinajstić information content (AvgIpc) is 2.78. The minimum absolute atomic E-state index is 0.137. The minimum Gasteiger partial charge on any atom is -0.490 e. The van der Waals surface area contributed by atoms with E-state index >= 15 is 0 Å². The first-order valence-corrected chi connectivity index (χ1v) is 10.7. The van der Waals surface area contributed by atoms with Gasteiger partial charge in [-0.15, -0.1) is 0 Å². The highest BCUT2D eigenvalue weighted by atomic mass is 16.5. The molecule has 7 nitrogen and oxygen atoms in total. The van der Waals surface area contributed by atoms with Gasteiger partial charge in [0.15, 0.2) is 0 Å². The monoisotopic (exact) mass is 422 g/mol. The van der Waals surface area contributed by atoms with Crippen LogP contribution >= 0.6 is 0 Å². The highest BCUT2D eigenvalue weighted by Gasteiger charge is 2.11. The maximum Gasteiger partial charge on any atom is 0.261 e. The number of aromatic nitrogens is 2. The standard InChI is InChI=1S/C24H30N4O3/c1-4-27(5-2)15-16-31-21-12-7-6-11-20(21)26-22(29)13-14-28-17-25-23-18(3)9-8-10-19(23)24(28)30/h6-12,17H,4-5,13-16H2,1-3H3,(H,26,29). The zero-order chi connectivity index (χ0) is 22.2. The van der Waals surface area contributed by atoms with Crippen molar-refractivity contribution in [3.8, 4) is 5.75 Å². The lowest BCUT2D eigenvalue weighted by atomic mass is 10.1. The maximum atomic E-state index is 12.7. The summed E-state index contributed by atoms with van der Waals surface area (Å²) in [5, 5.41) is 3.46. The average molecular weight is 423 g/mol. The third kappa shape index (κ3) is 5.70. The molecule has 0 fully saturated rings. The summed E-state index contributed by atoms with van der Waals surface area (Å²) in [5.74, 6) is 0.457. The Hall–Kier alpha value is -3.19. The maximum absolute atomic E-state index is 12.7. The van der Waals surface area contributed by atoms with Crippen molar-refractivity contribution in [1.82, 2.24) is 14.5 Å². The van der Waals surface area contributed by atoms with Gasteiger partial charge >= 0.3 is 0 Å². The number of rotatable bonds is 10. The third-order valence-corrected chi connectivity index (χ3v) is 5.36. The van der Waals surface area contributed by atoms with E-state index in [0.29, 0.717) is 28.9 Å². The van der Waals surface area contributed by atoms with Gasteiger partial charge in [0.1, 0.15) is 12.4 Å². The van der Waals surface area contributed by atoms with Crippen molar-refractivity contribution in [3.63, 3.8) is 0 Å². The van der Waals surface area contributed by atoms with Crippen LogP contribution in [0.2, 0.25) is 0 Å². The lowest BCUT2D eigenvalue weighted by Crippen LogP contribution is -2.28. The van der Waals surface area contributed by atoms with Crippen molar-refractivity contribution >= 4 is 22.5 Å². The number of anilines is 1. The third-order valence-electron chi connectivity index (χ3n) is 5.36. The molecule has 0 saturated carbocycles. The molecule has 3 aromatic rings. The van der Waals surface area contributed by atoms with E-state index in [0.717, 1.165) is 25.2 Å². The first-order chi connectivity index (χ1) is 15.0. The van der Waals surface area contributed by atoms with Gasteiger partial charge < -0.3 is 15.0 Å². The second kappa shape index (κ2) is 10.7. The summed E-state index contributed by atoms with van der Waals surface area (Å²) in [4.78, 5) is 31.9. The first-order valence-electron chi connectivity index (χ1n) is 10.7. The molecule has 0 atom stereocenters. The Kier molecular flexibility index (Phi) is 7.78. The van der Waals surface area contributed by atoms with E-state index in [1.807, 2.05) is 43.3 Å². The van der Waals surface area contributed by atoms with Crippen molar-refractivity contribution < 1.29 is 9.53 Å². The predicted molar refractivity (Wildman–Crippen MR) is 124 cm³/mol. The minimum atomic E-state index is -0.184. The molecule has 3 rings (SSSR count). The van der Waals surface area contributed by atoms with E-state index in [9.17, 15) is 9.59 Å². The van der Waals surface area contributed by atoms with Gasteiger partial charge in [-0.1, -0.05) is 38.1 Å². The summed E-state index contributed by atoms with van der Waals surface area (Å²) in [6.07, 6.45) is 1.67.